The van der Waals surface area contributed by atoms with Gasteiger partial charge in [-0.3, -0.25) is 4.98 Å². The summed E-state index contributed by atoms with van der Waals surface area (Å²) in [6.45, 7) is 2.68. The van der Waals surface area contributed by atoms with Gasteiger partial charge < -0.3 is 15.0 Å². The molecule has 0 aromatic carbocycles. The zero-order valence-corrected chi connectivity index (χ0v) is 15.6. The molecule has 0 radical (unpaired) electrons. The van der Waals surface area contributed by atoms with Gasteiger partial charge in [-0.05, 0) is 25.5 Å². The van der Waals surface area contributed by atoms with Gasteiger partial charge in [-0.2, -0.15) is 0 Å². The molecule has 0 spiro atoms. The second kappa shape index (κ2) is 7.79. The minimum absolute atomic E-state index is 0.485. The zero-order valence-electron chi connectivity index (χ0n) is 15.6. The Hall–Kier alpha value is -2.87. The molecule has 1 atom stereocenters. The Morgan fingerprint density at radius 1 is 1.15 bits per heavy atom. The summed E-state index contributed by atoms with van der Waals surface area (Å²) in [6, 6.07) is 1.89. The highest BCUT2D eigenvalue weighted by atomic mass is 16.5. The molecule has 8 heteroatoms. The first kappa shape index (κ1) is 17.5. The minimum atomic E-state index is 0.485. The normalized spacial score (nSPS) is 17.0. The van der Waals surface area contributed by atoms with Gasteiger partial charge in [0.25, 0.3) is 0 Å². The smallest absolute Gasteiger partial charge is 0.242 e. The number of nitrogens with one attached hydrogen (secondary N) is 1. The zero-order chi connectivity index (χ0) is 18.6. The summed E-state index contributed by atoms with van der Waals surface area (Å²) in [5, 5.41) is 3.41. The van der Waals surface area contributed by atoms with Crippen LogP contribution in [-0.2, 0) is 0 Å². The lowest BCUT2D eigenvalue weighted by Gasteiger charge is -2.22. The topological polar surface area (TPSA) is 89.0 Å². The first-order chi connectivity index (χ1) is 13.2. The fraction of sp³-hybridized carbons (Fsp3) is 0.421. The van der Waals surface area contributed by atoms with Crippen LogP contribution in [0.3, 0.4) is 0 Å². The quantitative estimate of drug-likeness (QED) is 0.734. The number of anilines is 1. The Balaban J connectivity index is 1.65. The first-order valence-electron chi connectivity index (χ1n) is 9.16. The lowest BCUT2D eigenvalue weighted by atomic mass is 10.0. The van der Waals surface area contributed by atoms with E-state index in [0.717, 1.165) is 36.3 Å². The minimum Gasteiger partial charge on any atom is -0.476 e. The number of pyridine rings is 1. The summed E-state index contributed by atoms with van der Waals surface area (Å²) in [6.07, 6.45) is 9.21. The van der Waals surface area contributed by atoms with Crippen molar-refractivity contribution in [1.29, 1.82) is 0 Å². The van der Waals surface area contributed by atoms with Gasteiger partial charge in [-0.25, -0.2) is 19.9 Å². The van der Waals surface area contributed by atoms with Gasteiger partial charge in [-0.1, -0.05) is 0 Å². The number of hydrogen-bond donors (Lipinski definition) is 1. The molecular weight excluding hydrogens is 342 g/mol. The van der Waals surface area contributed by atoms with Crippen LogP contribution in [0.2, 0.25) is 0 Å². The number of nitrogens with zero attached hydrogens (tertiary/aromatic N) is 6. The molecule has 0 amide bonds. The van der Waals surface area contributed by atoms with Crippen molar-refractivity contribution in [2.45, 2.75) is 12.8 Å². The van der Waals surface area contributed by atoms with Gasteiger partial charge in [-0.15, -0.1) is 0 Å². The lowest BCUT2D eigenvalue weighted by Crippen LogP contribution is -2.33. The molecular formula is C19H23N7O. The standard InChI is InChI=1S/C19H23N7O/c1-26(2)19-23-10-14(11-24-19)15-8-16-17(22-7-6-21-16)18(25-15)27-12-13-4-3-5-20-9-13/h6-8,10-11,13,20H,3-5,9,12H2,1-2H3. The predicted molar refractivity (Wildman–Crippen MR) is 104 cm³/mol. The van der Waals surface area contributed by atoms with Crippen molar-refractivity contribution in [3.05, 3.63) is 30.9 Å². The van der Waals surface area contributed by atoms with E-state index in [-0.39, 0.29) is 0 Å². The highest BCUT2D eigenvalue weighted by molar-refractivity contribution is 5.83. The molecule has 1 fully saturated rings. The lowest BCUT2D eigenvalue weighted by molar-refractivity contribution is 0.214. The Bertz CT molecular complexity index is 908. The molecule has 8 nitrogen and oxygen atoms in total. The summed E-state index contributed by atoms with van der Waals surface area (Å²) in [4.78, 5) is 24.1. The van der Waals surface area contributed by atoms with Gasteiger partial charge in [0, 0.05) is 56.9 Å². The molecule has 0 saturated carbocycles. The second-order valence-electron chi connectivity index (χ2n) is 6.93. The molecule has 1 aliphatic heterocycles. The van der Waals surface area contributed by atoms with Crippen LogP contribution in [0.25, 0.3) is 22.3 Å². The van der Waals surface area contributed by atoms with E-state index in [2.05, 4.69) is 25.3 Å². The van der Waals surface area contributed by atoms with Crippen LogP contribution in [0.15, 0.2) is 30.9 Å². The van der Waals surface area contributed by atoms with Gasteiger partial charge in [0.15, 0.2) is 5.52 Å². The molecule has 4 rings (SSSR count). The molecule has 0 aliphatic carbocycles. The third kappa shape index (κ3) is 3.95. The van der Waals surface area contributed by atoms with E-state index in [0.29, 0.717) is 29.9 Å². The van der Waals surface area contributed by atoms with Crippen LogP contribution >= 0.6 is 0 Å². The summed E-state index contributed by atoms with van der Waals surface area (Å²) < 4.78 is 6.08. The fourth-order valence-electron chi connectivity index (χ4n) is 3.14. The van der Waals surface area contributed by atoms with Crippen LogP contribution in [0.4, 0.5) is 5.95 Å². The number of piperidine rings is 1. The van der Waals surface area contributed by atoms with Crippen molar-refractivity contribution >= 4 is 17.0 Å². The molecule has 3 aromatic rings. The molecule has 1 N–H and O–H groups in total. The largest absolute Gasteiger partial charge is 0.476 e. The van der Waals surface area contributed by atoms with Crippen LogP contribution in [0.5, 0.6) is 5.88 Å². The summed E-state index contributed by atoms with van der Waals surface area (Å²) in [5.74, 6) is 1.65. The van der Waals surface area contributed by atoms with Crippen molar-refractivity contribution in [3.8, 4) is 17.1 Å². The van der Waals surface area contributed by atoms with E-state index in [4.69, 9.17) is 9.72 Å². The molecule has 27 heavy (non-hydrogen) atoms. The Labute approximate surface area is 158 Å². The van der Waals surface area contributed by atoms with Crippen molar-refractivity contribution < 1.29 is 4.74 Å². The third-order valence-corrected chi connectivity index (χ3v) is 4.61. The maximum atomic E-state index is 6.08. The number of fused-ring (bicyclic) bond motifs is 1. The van der Waals surface area contributed by atoms with Crippen LogP contribution in [-0.4, -0.2) is 58.7 Å². The van der Waals surface area contributed by atoms with Crippen LogP contribution in [0, 0.1) is 5.92 Å². The van der Waals surface area contributed by atoms with Gasteiger partial charge >= 0.3 is 0 Å². The van der Waals surface area contributed by atoms with Crippen molar-refractivity contribution in [2.75, 3.05) is 38.7 Å². The Kier molecular flexibility index (Phi) is 5.06. The van der Waals surface area contributed by atoms with Crippen LogP contribution < -0.4 is 15.0 Å². The van der Waals surface area contributed by atoms with Crippen LogP contribution in [0.1, 0.15) is 12.8 Å². The number of ether oxygens (including phenoxy) is 1. The third-order valence-electron chi connectivity index (χ3n) is 4.61. The van der Waals surface area contributed by atoms with E-state index in [1.54, 1.807) is 24.8 Å². The molecule has 140 valence electrons. The molecule has 3 aromatic heterocycles. The van der Waals surface area contributed by atoms with Crippen molar-refractivity contribution in [3.63, 3.8) is 0 Å². The molecule has 0 bridgehead atoms. The Morgan fingerprint density at radius 3 is 2.70 bits per heavy atom. The maximum absolute atomic E-state index is 6.08. The SMILES string of the molecule is CN(C)c1ncc(-c2cc3nccnc3c(OCC3CCCNC3)n2)cn1. The van der Waals surface area contributed by atoms with E-state index in [9.17, 15) is 0 Å². The Morgan fingerprint density at radius 2 is 1.96 bits per heavy atom. The van der Waals surface area contributed by atoms with E-state index in [1.165, 1.54) is 6.42 Å². The fourth-order valence-corrected chi connectivity index (χ4v) is 3.14. The molecule has 1 aliphatic rings. The van der Waals surface area contributed by atoms with E-state index in [1.807, 2.05) is 25.1 Å². The average Bonchev–Trinajstić information content (AvgIpc) is 2.72. The monoisotopic (exact) mass is 365 g/mol. The van der Waals surface area contributed by atoms with Crippen molar-refractivity contribution in [1.82, 2.24) is 30.2 Å². The van der Waals surface area contributed by atoms with Crippen molar-refractivity contribution in [2.24, 2.45) is 5.92 Å². The molecule has 1 saturated heterocycles. The highest BCUT2D eigenvalue weighted by Gasteiger charge is 2.17. The highest BCUT2D eigenvalue weighted by Crippen LogP contribution is 2.27. The predicted octanol–water partition coefficient (Wildman–Crippen LogP) is 1.93. The summed E-state index contributed by atoms with van der Waals surface area (Å²) >= 11 is 0. The van der Waals surface area contributed by atoms with E-state index >= 15 is 0 Å². The average molecular weight is 365 g/mol. The molecule has 1 unspecified atom stereocenters. The second-order valence-corrected chi connectivity index (χ2v) is 6.93. The first-order valence-corrected chi connectivity index (χ1v) is 9.16. The van der Waals surface area contributed by atoms with E-state index < -0.39 is 0 Å². The van der Waals surface area contributed by atoms with Gasteiger partial charge in [0.1, 0.15) is 0 Å². The van der Waals surface area contributed by atoms with Gasteiger partial charge in [0.05, 0.1) is 17.8 Å². The van der Waals surface area contributed by atoms with Gasteiger partial charge in [0.2, 0.25) is 11.8 Å². The number of rotatable bonds is 5. The summed E-state index contributed by atoms with van der Waals surface area (Å²) in [7, 11) is 3.82. The summed E-state index contributed by atoms with van der Waals surface area (Å²) in [5.41, 5.74) is 2.97. The number of aromatic nitrogens is 5. The molecule has 4 heterocycles. The number of hydrogen-bond acceptors (Lipinski definition) is 8. The maximum Gasteiger partial charge on any atom is 0.242 e.